The first-order valence-electron chi connectivity index (χ1n) is 7.59. The molecule has 0 aliphatic carbocycles. The van der Waals surface area contributed by atoms with E-state index in [-0.39, 0.29) is 17.1 Å². The van der Waals surface area contributed by atoms with Gasteiger partial charge in [0.25, 0.3) is 11.7 Å². The molecule has 2 rings (SSSR count). The molecule has 0 saturated carbocycles. The average Bonchev–Trinajstić information content (AvgIpc) is 2.73. The average molecular weight is 352 g/mol. The topological polar surface area (TPSA) is 37.4 Å². The SMILES string of the molecule is CCCC(CBr)(CCC)CN1C(=O)C(=O)c2ccccc21. The van der Waals surface area contributed by atoms with Crippen LogP contribution < -0.4 is 4.90 Å². The van der Waals surface area contributed by atoms with Crippen LogP contribution in [-0.4, -0.2) is 23.6 Å². The van der Waals surface area contributed by atoms with Crippen LogP contribution in [0.1, 0.15) is 49.9 Å². The number of halogens is 1. The van der Waals surface area contributed by atoms with Crippen molar-refractivity contribution in [2.45, 2.75) is 39.5 Å². The molecule has 21 heavy (non-hydrogen) atoms. The molecule has 0 radical (unpaired) electrons. The van der Waals surface area contributed by atoms with E-state index in [9.17, 15) is 9.59 Å². The lowest BCUT2D eigenvalue weighted by Gasteiger charge is -2.35. The summed E-state index contributed by atoms with van der Waals surface area (Å²) < 4.78 is 0. The minimum absolute atomic E-state index is 0.0386. The van der Waals surface area contributed by atoms with Crippen LogP contribution in [0.25, 0.3) is 0 Å². The van der Waals surface area contributed by atoms with Crippen LogP contribution in [0, 0.1) is 5.41 Å². The Bertz CT molecular complexity index is 535. The number of hydrogen-bond acceptors (Lipinski definition) is 2. The van der Waals surface area contributed by atoms with Gasteiger partial charge in [-0.2, -0.15) is 0 Å². The molecular formula is C17H22BrNO2. The van der Waals surface area contributed by atoms with Gasteiger partial charge in [0.05, 0.1) is 11.3 Å². The fourth-order valence-electron chi connectivity index (χ4n) is 3.26. The van der Waals surface area contributed by atoms with E-state index in [2.05, 4.69) is 29.8 Å². The molecule has 1 aromatic rings. The maximum atomic E-state index is 12.3. The summed E-state index contributed by atoms with van der Waals surface area (Å²) in [6.07, 6.45) is 4.24. The van der Waals surface area contributed by atoms with Crippen LogP contribution >= 0.6 is 15.9 Å². The summed E-state index contributed by atoms with van der Waals surface area (Å²) in [6, 6.07) is 7.30. The molecule has 4 heteroatoms. The van der Waals surface area contributed by atoms with Crippen molar-refractivity contribution in [2.75, 3.05) is 16.8 Å². The van der Waals surface area contributed by atoms with E-state index in [1.165, 1.54) is 0 Å². The van der Waals surface area contributed by atoms with E-state index in [1.807, 2.05) is 18.2 Å². The molecule has 1 aliphatic rings. The molecule has 1 amide bonds. The molecule has 0 unspecified atom stereocenters. The molecule has 3 nitrogen and oxygen atoms in total. The van der Waals surface area contributed by atoms with Crippen molar-refractivity contribution in [3.05, 3.63) is 29.8 Å². The highest BCUT2D eigenvalue weighted by Gasteiger charge is 2.40. The molecule has 0 N–H and O–H groups in total. The minimum Gasteiger partial charge on any atom is -0.304 e. The second-order valence-corrected chi connectivity index (χ2v) is 6.43. The highest BCUT2D eigenvalue weighted by molar-refractivity contribution is 9.09. The van der Waals surface area contributed by atoms with Crippen LogP contribution in [0.5, 0.6) is 0 Å². The Kier molecular flexibility index (Phi) is 5.20. The number of carbonyl (C=O) groups is 2. The fourth-order valence-corrected chi connectivity index (χ4v) is 4.00. The number of alkyl halides is 1. The van der Waals surface area contributed by atoms with E-state index in [1.54, 1.807) is 11.0 Å². The van der Waals surface area contributed by atoms with E-state index in [0.717, 1.165) is 36.7 Å². The van der Waals surface area contributed by atoms with Crippen LogP contribution in [0.15, 0.2) is 24.3 Å². The minimum atomic E-state index is -0.381. The van der Waals surface area contributed by atoms with Crippen molar-refractivity contribution in [1.82, 2.24) is 0 Å². The van der Waals surface area contributed by atoms with E-state index >= 15 is 0 Å². The second-order valence-electron chi connectivity index (χ2n) is 5.87. The number of amides is 1. The number of para-hydroxylation sites is 1. The Labute approximate surface area is 134 Å². The maximum absolute atomic E-state index is 12.3. The predicted molar refractivity (Wildman–Crippen MR) is 89.2 cm³/mol. The molecule has 1 aromatic carbocycles. The molecule has 0 aromatic heterocycles. The van der Waals surface area contributed by atoms with Gasteiger partial charge in [0.2, 0.25) is 0 Å². The van der Waals surface area contributed by atoms with Gasteiger partial charge in [-0.15, -0.1) is 0 Å². The van der Waals surface area contributed by atoms with Gasteiger partial charge in [0, 0.05) is 11.9 Å². The molecular weight excluding hydrogens is 330 g/mol. The molecule has 114 valence electrons. The van der Waals surface area contributed by atoms with Gasteiger partial charge in [0.1, 0.15) is 0 Å². The zero-order valence-corrected chi connectivity index (χ0v) is 14.3. The molecule has 0 spiro atoms. The number of benzene rings is 1. The third kappa shape index (κ3) is 3.05. The summed E-state index contributed by atoms with van der Waals surface area (Å²) in [6.45, 7) is 4.94. The number of hydrogen-bond donors (Lipinski definition) is 0. The number of anilines is 1. The Morgan fingerprint density at radius 1 is 1.10 bits per heavy atom. The van der Waals surface area contributed by atoms with Crippen molar-refractivity contribution in [1.29, 1.82) is 0 Å². The van der Waals surface area contributed by atoms with Gasteiger partial charge in [-0.3, -0.25) is 9.59 Å². The fraction of sp³-hybridized carbons (Fsp3) is 0.529. The molecule has 1 aliphatic heterocycles. The number of carbonyl (C=O) groups excluding carboxylic acids is 2. The van der Waals surface area contributed by atoms with E-state index < -0.39 is 0 Å². The molecule has 0 fully saturated rings. The summed E-state index contributed by atoms with van der Waals surface area (Å²) in [5.41, 5.74) is 1.35. The van der Waals surface area contributed by atoms with Crippen LogP contribution in [0.4, 0.5) is 5.69 Å². The summed E-state index contributed by atoms with van der Waals surface area (Å²) in [4.78, 5) is 26.1. The zero-order chi connectivity index (χ0) is 15.5. The molecule has 0 atom stereocenters. The Hall–Kier alpha value is -1.16. The highest BCUT2D eigenvalue weighted by Crippen LogP contribution is 2.37. The predicted octanol–water partition coefficient (Wildman–Crippen LogP) is 4.20. The number of fused-ring (bicyclic) bond motifs is 1. The number of nitrogens with zero attached hydrogens (tertiary/aromatic N) is 1. The molecule has 1 heterocycles. The molecule has 0 bridgehead atoms. The number of Topliss-reactive ketones (excluding diaryl/α,β-unsaturated/α-hetero) is 1. The van der Waals surface area contributed by atoms with Gasteiger partial charge in [-0.25, -0.2) is 0 Å². The van der Waals surface area contributed by atoms with E-state index in [0.29, 0.717) is 12.1 Å². The smallest absolute Gasteiger partial charge is 0.299 e. The van der Waals surface area contributed by atoms with Crippen molar-refractivity contribution in [3.63, 3.8) is 0 Å². The monoisotopic (exact) mass is 351 g/mol. The van der Waals surface area contributed by atoms with Crippen LogP contribution in [-0.2, 0) is 4.79 Å². The molecule has 0 saturated heterocycles. The van der Waals surface area contributed by atoms with Crippen LogP contribution in [0.3, 0.4) is 0 Å². The maximum Gasteiger partial charge on any atom is 0.299 e. The summed E-state index contributed by atoms with van der Waals surface area (Å²) in [5, 5.41) is 0.849. The Balaban J connectivity index is 2.33. The van der Waals surface area contributed by atoms with Gasteiger partial charge < -0.3 is 4.90 Å². The van der Waals surface area contributed by atoms with Gasteiger partial charge in [-0.05, 0) is 30.4 Å². The lowest BCUT2D eigenvalue weighted by molar-refractivity contribution is -0.114. The highest BCUT2D eigenvalue weighted by atomic mass is 79.9. The Morgan fingerprint density at radius 3 is 2.29 bits per heavy atom. The van der Waals surface area contributed by atoms with E-state index in [4.69, 9.17) is 0 Å². The van der Waals surface area contributed by atoms with Crippen molar-refractivity contribution >= 4 is 33.3 Å². The lowest BCUT2D eigenvalue weighted by Crippen LogP contribution is -2.42. The summed E-state index contributed by atoms with van der Waals surface area (Å²) >= 11 is 3.63. The standard InChI is InChI=1S/C17H22BrNO2/c1-3-9-17(11-18,10-4-2)12-19-14-8-6-5-7-13(14)15(20)16(19)21/h5-8H,3-4,9-12H2,1-2H3. The zero-order valence-electron chi connectivity index (χ0n) is 12.7. The first-order chi connectivity index (χ1) is 10.1. The van der Waals surface area contributed by atoms with Crippen molar-refractivity contribution in [2.24, 2.45) is 5.41 Å². The third-order valence-electron chi connectivity index (χ3n) is 4.22. The van der Waals surface area contributed by atoms with Gasteiger partial charge >= 0.3 is 0 Å². The number of rotatable bonds is 7. The van der Waals surface area contributed by atoms with Crippen LogP contribution in [0.2, 0.25) is 0 Å². The van der Waals surface area contributed by atoms with Crippen molar-refractivity contribution in [3.8, 4) is 0 Å². The lowest BCUT2D eigenvalue weighted by atomic mass is 9.80. The van der Waals surface area contributed by atoms with Gasteiger partial charge in [0.15, 0.2) is 0 Å². The van der Waals surface area contributed by atoms with Crippen molar-refractivity contribution < 1.29 is 9.59 Å². The largest absolute Gasteiger partial charge is 0.304 e. The Morgan fingerprint density at radius 2 is 1.71 bits per heavy atom. The quantitative estimate of drug-likeness (QED) is 0.545. The summed E-state index contributed by atoms with van der Waals surface area (Å²) in [7, 11) is 0. The first-order valence-corrected chi connectivity index (χ1v) is 8.72. The first kappa shape index (κ1) is 16.2. The number of ketones is 1. The summed E-state index contributed by atoms with van der Waals surface area (Å²) in [5.74, 6) is -0.754. The normalized spacial score (nSPS) is 14.7. The second kappa shape index (κ2) is 6.73. The third-order valence-corrected chi connectivity index (χ3v) is 5.41. The van der Waals surface area contributed by atoms with Gasteiger partial charge in [-0.1, -0.05) is 54.8 Å².